The predicted molar refractivity (Wildman–Crippen MR) is 137 cm³/mol. The van der Waals surface area contributed by atoms with Gasteiger partial charge in [-0.05, 0) is 31.9 Å². The van der Waals surface area contributed by atoms with Crippen LogP contribution in [0, 0.1) is 40.9 Å². The fourth-order valence-corrected chi connectivity index (χ4v) is 4.38. The molecule has 3 amide bonds. The molecule has 1 aromatic carbocycles. The van der Waals surface area contributed by atoms with Crippen LogP contribution in [-0.4, -0.2) is 69.2 Å². The smallest absolute Gasteiger partial charge is 0.312 e. The number of aromatic hydroxyl groups is 1. The van der Waals surface area contributed by atoms with Crippen molar-refractivity contribution in [2.75, 3.05) is 0 Å². The molecule has 234 valence electrons. The average molecular weight is 617 g/mol. The number of ether oxygens (including phenoxy) is 1. The van der Waals surface area contributed by atoms with Gasteiger partial charge in [0, 0.05) is 18.2 Å². The number of amides is 3. The topological polar surface area (TPSA) is 167 Å². The molecule has 1 aliphatic heterocycles. The molecular formula is C27H29F5N4O7. The number of aliphatic hydroxyl groups is 1. The van der Waals surface area contributed by atoms with Gasteiger partial charge >= 0.3 is 5.97 Å². The number of nitrogens with one attached hydrogen (secondary N) is 3. The molecule has 1 fully saturated rings. The van der Waals surface area contributed by atoms with Crippen LogP contribution in [0.25, 0.3) is 0 Å². The minimum atomic E-state index is -2.43. The van der Waals surface area contributed by atoms with Gasteiger partial charge in [0.15, 0.2) is 35.1 Å². The second-order valence-corrected chi connectivity index (χ2v) is 10.4. The number of esters is 1. The van der Waals surface area contributed by atoms with E-state index in [1.165, 1.54) is 33.0 Å². The van der Waals surface area contributed by atoms with Gasteiger partial charge < -0.3 is 30.9 Å². The third-order valence-electron chi connectivity index (χ3n) is 6.90. The molecule has 43 heavy (non-hydrogen) atoms. The van der Waals surface area contributed by atoms with Gasteiger partial charge in [0.05, 0.1) is 24.1 Å². The van der Waals surface area contributed by atoms with Gasteiger partial charge in [0.2, 0.25) is 11.7 Å². The molecule has 1 saturated heterocycles. The fourth-order valence-electron chi connectivity index (χ4n) is 4.38. The molecule has 3 rings (SSSR count). The average Bonchev–Trinajstić information content (AvgIpc) is 2.96. The molecule has 11 nitrogen and oxygen atoms in total. The summed E-state index contributed by atoms with van der Waals surface area (Å²) in [5.41, 5.74) is -1.91. The van der Waals surface area contributed by atoms with E-state index in [0.29, 0.717) is 0 Å². The Balaban J connectivity index is 2.10. The van der Waals surface area contributed by atoms with Gasteiger partial charge in [0.25, 0.3) is 11.8 Å². The largest absolute Gasteiger partial charge is 0.505 e. The van der Waals surface area contributed by atoms with Gasteiger partial charge in [-0.2, -0.15) is 0 Å². The maximum absolute atomic E-state index is 14.6. The van der Waals surface area contributed by atoms with E-state index in [1.807, 2.05) is 0 Å². The standard InChI is InChI=1S/C27H29F5N4O7/c1-9(2)23-26(41)34-11(4)20(36-25(40)21-14(37)6-5-7-33-21)24(39)35-13(22(38)10(3)27(42)43-23)8-12-15(28)17(30)19(32)18(31)16(12)29/h5-7,9-11,13,20,22-23,37-38H,8H2,1-4H3,(H,34,41)(H,35,39)(H,36,40)/t10-,11-,13+,20+,22+,23?/m1/s1. The Hall–Kier alpha value is -4.34. The third kappa shape index (κ3) is 7.01. The molecule has 0 aliphatic carbocycles. The first kappa shape index (κ1) is 33.2. The lowest BCUT2D eigenvalue weighted by Gasteiger charge is -2.34. The summed E-state index contributed by atoms with van der Waals surface area (Å²) < 4.78 is 76.0. The lowest BCUT2D eigenvalue weighted by molar-refractivity contribution is -0.166. The highest BCUT2D eigenvalue weighted by Gasteiger charge is 2.41. The van der Waals surface area contributed by atoms with Crippen molar-refractivity contribution in [3.8, 4) is 5.75 Å². The van der Waals surface area contributed by atoms with E-state index in [9.17, 15) is 51.3 Å². The van der Waals surface area contributed by atoms with Crippen molar-refractivity contribution in [3.63, 3.8) is 0 Å². The SMILES string of the molecule is CC(C)C1OC(=O)[C@H](C)[C@H](O)[C@H](Cc2c(F)c(F)c(F)c(F)c2F)NC(=O)[C@@H](NC(=O)c2ncccc2O)[C@@H](C)NC1=O. The van der Waals surface area contributed by atoms with Crippen LogP contribution in [0.1, 0.15) is 43.7 Å². The number of benzene rings is 1. The molecule has 0 bridgehead atoms. The molecule has 1 aromatic heterocycles. The van der Waals surface area contributed by atoms with E-state index >= 15 is 0 Å². The van der Waals surface area contributed by atoms with Crippen LogP contribution in [0.4, 0.5) is 22.0 Å². The molecule has 1 unspecified atom stereocenters. The van der Waals surface area contributed by atoms with Crippen molar-refractivity contribution >= 4 is 23.7 Å². The number of cyclic esters (lactones) is 1. The van der Waals surface area contributed by atoms with E-state index in [0.717, 1.165) is 13.0 Å². The minimum Gasteiger partial charge on any atom is -0.505 e. The van der Waals surface area contributed by atoms with Crippen molar-refractivity contribution in [1.82, 2.24) is 20.9 Å². The van der Waals surface area contributed by atoms with E-state index in [2.05, 4.69) is 20.9 Å². The second kappa shape index (κ2) is 13.3. The Morgan fingerprint density at radius 3 is 2.14 bits per heavy atom. The Kier molecular flexibility index (Phi) is 10.3. The van der Waals surface area contributed by atoms with Gasteiger partial charge in [-0.3, -0.25) is 19.2 Å². The monoisotopic (exact) mass is 616 g/mol. The van der Waals surface area contributed by atoms with Crippen LogP contribution < -0.4 is 16.0 Å². The summed E-state index contributed by atoms with van der Waals surface area (Å²) in [6.07, 6.45) is -3.56. The van der Waals surface area contributed by atoms with Crippen molar-refractivity contribution in [1.29, 1.82) is 0 Å². The quantitative estimate of drug-likeness (QED) is 0.146. The number of hydrogen-bond donors (Lipinski definition) is 5. The summed E-state index contributed by atoms with van der Waals surface area (Å²) >= 11 is 0. The Labute approximate surface area is 241 Å². The van der Waals surface area contributed by atoms with Crippen LogP contribution in [0.5, 0.6) is 5.75 Å². The number of rotatable bonds is 5. The third-order valence-corrected chi connectivity index (χ3v) is 6.90. The van der Waals surface area contributed by atoms with Crippen LogP contribution in [0.15, 0.2) is 18.3 Å². The molecule has 2 aromatic rings. The van der Waals surface area contributed by atoms with Crippen LogP contribution in [0.2, 0.25) is 0 Å². The second-order valence-electron chi connectivity index (χ2n) is 10.4. The Bertz CT molecular complexity index is 1400. The molecular weight excluding hydrogens is 587 g/mol. The fraction of sp³-hybridized carbons (Fsp3) is 0.444. The predicted octanol–water partition coefficient (Wildman–Crippen LogP) is 1.39. The molecule has 1 aliphatic rings. The van der Waals surface area contributed by atoms with Gasteiger partial charge in [-0.1, -0.05) is 13.8 Å². The first-order valence-electron chi connectivity index (χ1n) is 13.0. The van der Waals surface area contributed by atoms with Crippen LogP contribution >= 0.6 is 0 Å². The summed E-state index contributed by atoms with van der Waals surface area (Å²) in [4.78, 5) is 56.1. The van der Waals surface area contributed by atoms with Crippen molar-refractivity contribution < 1.29 is 56.1 Å². The molecule has 2 heterocycles. The maximum Gasteiger partial charge on any atom is 0.312 e. The summed E-state index contributed by atoms with van der Waals surface area (Å²) in [6.45, 7) is 5.41. The number of carbonyl (C=O) groups excluding carboxylic acids is 4. The number of carbonyl (C=O) groups is 4. The molecule has 0 spiro atoms. The van der Waals surface area contributed by atoms with Gasteiger partial charge in [-0.25, -0.2) is 26.9 Å². The lowest BCUT2D eigenvalue weighted by atomic mass is 9.91. The van der Waals surface area contributed by atoms with E-state index in [4.69, 9.17) is 4.74 Å². The Morgan fingerprint density at radius 2 is 1.58 bits per heavy atom. The van der Waals surface area contributed by atoms with Crippen molar-refractivity contribution in [3.05, 3.63) is 58.7 Å². The Morgan fingerprint density at radius 1 is 1.00 bits per heavy atom. The molecule has 5 N–H and O–H groups in total. The molecule has 6 atom stereocenters. The zero-order chi connectivity index (χ0) is 32.3. The summed E-state index contributed by atoms with van der Waals surface area (Å²) in [7, 11) is 0. The number of pyridine rings is 1. The van der Waals surface area contributed by atoms with E-state index < -0.39 is 118 Å². The minimum absolute atomic E-state index is 0.513. The molecule has 16 heteroatoms. The number of hydrogen-bond acceptors (Lipinski definition) is 8. The van der Waals surface area contributed by atoms with E-state index in [1.54, 1.807) is 0 Å². The van der Waals surface area contributed by atoms with Crippen LogP contribution in [0.3, 0.4) is 0 Å². The highest BCUT2D eigenvalue weighted by molar-refractivity contribution is 5.98. The number of aromatic nitrogens is 1. The van der Waals surface area contributed by atoms with Crippen LogP contribution in [-0.2, 0) is 25.5 Å². The summed E-state index contributed by atoms with van der Waals surface area (Å²) in [5.74, 6) is -18.6. The first-order valence-corrected chi connectivity index (χ1v) is 13.0. The molecule has 0 saturated carbocycles. The first-order chi connectivity index (χ1) is 20.1. The highest BCUT2D eigenvalue weighted by Crippen LogP contribution is 2.26. The van der Waals surface area contributed by atoms with Crippen molar-refractivity contribution in [2.24, 2.45) is 11.8 Å². The number of nitrogens with zero attached hydrogens (tertiary/aromatic N) is 1. The summed E-state index contributed by atoms with van der Waals surface area (Å²) in [6, 6.07) is -2.48. The maximum atomic E-state index is 14.6. The normalized spacial score (nSPS) is 25.2. The number of aliphatic hydroxyl groups excluding tert-OH is 1. The summed E-state index contributed by atoms with van der Waals surface area (Å²) in [5, 5.41) is 27.9. The van der Waals surface area contributed by atoms with Crippen molar-refractivity contribution in [2.45, 2.75) is 64.4 Å². The zero-order valence-corrected chi connectivity index (χ0v) is 23.3. The number of halogens is 5. The highest BCUT2D eigenvalue weighted by atomic mass is 19.2. The van der Waals surface area contributed by atoms with E-state index in [-0.39, 0.29) is 0 Å². The molecule has 0 radical (unpaired) electrons. The zero-order valence-electron chi connectivity index (χ0n) is 23.3. The lowest BCUT2D eigenvalue weighted by Crippen LogP contribution is -2.62. The van der Waals surface area contributed by atoms with Gasteiger partial charge in [-0.15, -0.1) is 0 Å². The van der Waals surface area contributed by atoms with Gasteiger partial charge in [0.1, 0.15) is 11.8 Å².